The van der Waals surface area contributed by atoms with Crippen molar-refractivity contribution in [2.24, 2.45) is 11.7 Å². The van der Waals surface area contributed by atoms with Crippen molar-refractivity contribution in [3.8, 4) is 0 Å². The van der Waals surface area contributed by atoms with Gasteiger partial charge < -0.3 is 10.6 Å². The van der Waals surface area contributed by atoms with Gasteiger partial charge >= 0.3 is 0 Å². The molecule has 0 radical (unpaired) electrons. The molecule has 0 saturated carbocycles. The Hall–Kier alpha value is -1.06. The third kappa shape index (κ3) is 6.40. The zero-order valence-corrected chi connectivity index (χ0v) is 13.7. The first kappa shape index (κ1) is 18.9. The Kier molecular flexibility index (Phi) is 8.51. The standard InChI is InChI=1S/C16H26N2O.ClH/c1-12(2)15(17)9-10-18(4)16(19)11-14-7-5-13(3)6-8-14;/h5-8,12,15H,9-11,17H2,1-4H3;1H. The van der Waals surface area contributed by atoms with Crippen molar-refractivity contribution in [1.82, 2.24) is 4.90 Å². The van der Waals surface area contributed by atoms with Crippen molar-refractivity contribution in [2.75, 3.05) is 13.6 Å². The molecule has 114 valence electrons. The van der Waals surface area contributed by atoms with Crippen LogP contribution in [0.4, 0.5) is 0 Å². The van der Waals surface area contributed by atoms with Gasteiger partial charge in [0.15, 0.2) is 0 Å². The average molecular weight is 299 g/mol. The van der Waals surface area contributed by atoms with E-state index in [-0.39, 0.29) is 24.4 Å². The minimum atomic E-state index is 0. The van der Waals surface area contributed by atoms with Crippen molar-refractivity contribution in [3.63, 3.8) is 0 Å². The monoisotopic (exact) mass is 298 g/mol. The second kappa shape index (κ2) is 8.98. The number of hydrogen-bond acceptors (Lipinski definition) is 2. The van der Waals surface area contributed by atoms with Crippen LogP contribution in [0.1, 0.15) is 31.4 Å². The minimum absolute atomic E-state index is 0. The summed E-state index contributed by atoms with van der Waals surface area (Å²) in [5, 5.41) is 0. The Morgan fingerprint density at radius 1 is 1.25 bits per heavy atom. The van der Waals surface area contributed by atoms with Crippen LogP contribution in [-0.4, -0.2) is 30.4 Å². The number of nitrogens with zero attached hydrogens (tertiary/aromatic N) is 1. The Balaban J connectivity index is 0.00000361. The highest BCUT2D eigenvalue weighted by Gasteiger charge is 2.13. The lowest BCUT2D eigenvalue weighted by Crippen LogP contribution is -2.35. The summed E-state index contributed by atoms with van der Waals surface area (Å²) in [6, 6.07) is 8.27. The van der Waals surface area contributed by atoms with E-state index in [1.807, 2.05) is 38.2 Å². The maximum absolute atomic E-state index is 12.1. The van der Waals surface area contributed by atoms with Gasteiger partial charge in [-0.05, 0) is 24.8 Å². The molecule has 1 unspecified atom stereocenters. The second-order valence-electron chi connectivity index (χ2n) is 5.67. The molecule has 2 N–H and O–H groups in total. The van der Waals surface area contributed by atoms with Gasteiger partial charge in [0.25, 0.3) is 0 Å². The summed E-state index contributed by atoms with van der Waals surface area (Å²) in [6.07, 6.45) is 1.32. The van der Waals surface area contributed by atoms with Crippen LogP contribution in [0.2, 0.25) is 0 Å². The molecule has 0 aromatic heterocycles. The molecule has 0 heterocycles. The maximum atomic E-state index is 12.1. The molecule has 4 heteroatoms. The molecule has 0 aliphatic carbocycles. The third-order valence-corrected chi connectivity index (χ3v) is 3.56. The molecule has 0 saturated heterocycles. The van der Waals surface area contributed by atoms with Gasteiger partial charge in [0, 0.05) is 19.6 Å². The summed E-state index contributed by atoms with van der Waals surface area (Å²) in [7, 11) is 1.85. The smallest absolute Gasteiger partial charge is 0.226 e. The molecule has 3 nitrogen and oxygen atoms in total. The van der Waals surface area contributed by atoms with Gasteiger partial charge in [-0.3, -0.25) is 4.79 Å². The van der Waals surface area contributed by atoms with E-state index in [9.17, 15) is 4.79 Å². The van der Waals surface area contributed by atoms with E-state index >= 15 is 0 Å². The van der Waals surface area contributed by atoms with E-state index < -0.39 is 0 Å². The summed E-state index contributed by atoms with van der Waals surface area (Å²) in [5.74, 6) is 0.611. The lowest BCUT2D eigenvalue weighted by molar-refractivity contribution is -0.129. The Labute approximate surface area is 128 Å². The summed E-state index contributed by atoms with van der Waals surface area (Å²) in [5.41, 5.74) is 8.28. The largest absolute Gasteiger partial charge is 0.345 e. The first-order chi connectivity index (χ1) is 8.90. The van der Waals surface area contributed by atoms with Gasteiger partial charge in [-0.2, -0.15) is 0 Å². The van der Waals surface area contributed by atoms with E-state index in [0.29, 0.717) is 12.3 Å². The van der Waals surface area contributed by atoms with Crippen molar-refractivity contribution >= 4 is 18.3 Å². The zero-order chi connectivity index (χ0) is 14.4. The van der Waals surface area contributed by atoms with E-state index in [0.717, 1.165) is 18.5 Å². The molecule has 0 bridgehead atoms. The number of nitrogens with two attached hydrogens (primary N) is 1. The minimum Gasteiger partial charge on any atom is -0.345 e. The highest BCUT2D eigenvalue weighted by molar-refractivity contribution is 5.85. The molecule has 1 rings (SSSR count). The molecule has 1 aromatic carbocycles. The Morgan fingerprint density at radius 3 is 2.30 bits per heavy atom. The Morgan fingerprint density at radius 2 is 1.80 bits per heavy atom. The number of halogens is 1. The maximum Gasteiger partial charge on any atom is 0.226 e. The predicted octanol–water partition coefficient (Wildman–Crippen LogP) is 2.79. The lowest BCUT2D eigenvalue weighted by atomic mass is 10.0. The van der Waals surface area contributed by atoms with E-state index in [4.69, 9.17) is 5.73 Å². The van der Waals surface area contributed by atoms with Crippen LogP contribution in [-0.2, 0) is 11.2 Å². The predicted molar refractivity (Wildman–Crippen MR) is 87.2 cm³/mol. The molecule has 0 fully saturated rings. The molecule has 0 aliphatic heterocycles. The number of amides is 1. The van der Waals surface area contributed by atoms with Crippen molar-refractivity contribution in [3.05, 3.63) is 35.4 Å². The van der Waals surface area contributed by atoms with Crippen LogP contribution >= 0.6 is 12.4 Å². The fourth-order valence-corrected chi connectivity index (χ4v) is 1.82. The number of carbonyl (C=O) groups excluding carboxylic acids is 1. The molecule has 20 heavy (non-hydrogen) atoms. The first-order valence-corrected chi connectivity index (χ1v) is 6.95. The summed E-state index contributed by atoms with van der Waals surface area (Å²) >= 11 is 0. The molecular formula is C16H27ClN2O. The van der Waals surface area contributed by atoms with Crippen LogP contribution in [0, 0.1) is 12.8 Å². The quantitative estimate of drug-likeness (QED) is 0.878. The van der Waals surface area contributed by atoms with Crippen LogP contribution in [0.15, 0.2) is 24.3 Å². The lowest BCUT2D eigenvalue weighted by Gasteiger charge is -2.21. The van der Waals surface area contributed by atoms with Crippen molar-refractivity contribution in [2.45, 2.75) is 39.7 Å². The molecule has 1 atom stereocenters. The van der Waals surface area contributed by atoms with Gasteiger partial charge in [-0.25, -0.2) is 0 Å². The third-order valence-electron chi connectivity index (χ3n) is 3.56. The number of aryl methyl sites for hydroxylation is 1. The zero-order valence-electron chi connectivity index (χ0n) is 12.9. The van der Waals surface area contributed by atoms with Crippen molar-refractivity contribution in [1.29, 1.82) is 0 Å². The Bertz CT molecular complexity index is 403. The van der Waals surface area contributed by atoms with Crippen LogP contribution < -0.4 is 5.73 Å². The second-order valence-corrected chi connectivity index (χ2v) is 5.67. The first-order valence-electron chi connectivity index (χ1n) is 6.95. The summed E-state index contributed by atoms with van der Waals surface area (Å²) in [6.45, 7) is 6.99. The fourth-order valence-electron chi connectivity index (χ4n) is 1.82. The number of carbonyl (C=O) groups is 1. The van der Waals surface area contributed by atoms with Gasteiger partial charge in [-0.15, -0.1) is 12.4 Å². The van der Waals surface area contributed by atoms with Gasteiger partial charge in [0.05, 0.1) is 6.42 Å². The van der Waals surface area contributed by atoms with Crippen LogP contribution in [0.25, 0.3) is 0 Å². The summed E-state index contributed by atoms with van der Waals surface area (Å²) in [4.78, 5) is 13.8. The number of hydrogen-bond donors (Lipinski definition) is 1. The number of benzene rings is 1. The highest BCUT2D eigenvalue weighted by atomic mass is 35.5. The van der Waals surface area contributed by atoms with Crippen LogP contribution in [0.3, 0.4) is 0 Å². The van der Waals surface area contributed by atoms with Crippen molar-refractivity contribution < 1.29 is 4.79 Å². The molecule has 1 amide bonds. The highest BCUT2D eigenvalue weighted by Crippen LogP contribution is 2.07. The summed E-state index contributed by atoms with van der Waals surface area (Å²) < 4.78 is 0. The molecule has 0 spiro atoms. The van der Waals surface area contributed by atoms with Gasteiger partial charge in [0.2, 0.25) is 5.91 Å². The number of rotatable bonds is 6. The SMILES string of the molecule is Cc1ccc(CC(=O)N(C)CCC(N)C(C)C)cc1.Cl. The fraction of sp³-hybridized carbons (Fsp3) is 0.562. The van der Waals surface area contributed by atoms with Gasteiger partial charge in [-0.1, -0.05) is 43.7 Å². The number of likely N-dealkylation sites (N-methyl/N-ethyl adjacent to an activating group) is 1. The normalized spacial score (nSPS) is 11.9. The molecular weight excluding hydrogens is 272 g/mol. The van der Waals surface area contributed by atoms with Crippen LogP contribution in [0.5, 0.6) is 0 Å². The average Bonchev–Trinajstić information content (AvgIpc) is 2.37. The van der Waals surface area contributed by atoms with E-state index in [1.165, 1.54) is 5.56 Å². The van der Waals surface area contributed by atoms with E-state index in [1.54, 1.807) is 4.90 Å². The topological polar surface area (TPSA) is 46.3 Å². The van der Waals surface area contributed by atoms with Gasteiger partial charge in [0.1, 0.15) is 0 Å². The molecule has 1 aromatic rings. The molecule has 0 aliphatic rings. The van der Waals surface area contributed by atoms with E-state index in [2.05, 4.69) is 13.8 Å².